The maximum atomic E-state index is 14.3. The van der Waals surface area contributed by atoms with E-state index in [1.165, 1.54) is 52.1 Å². The number of alkyl halides is 3. The molecule has 48 heavy (non-hydrogen) atoms. The van der Waals surface area contributed by atoms with Crippen molar-refractivity contribution < 1.29 is 34.4 Å². The van der Waals surface area contributed by atoms with Crippen molar-refractivity contribution in [3.8, 4) is 11.1 Å². The molecule has 0 aromatic heterocycles. The van der Waals surface area contributed by atoms with Crippen LogP contribution < -0.4 is 3.27 Å². The van der Waals surface area contributed by atoms with Crippen LogP contribution in [0.25, 0.3) is 21.9 Å². The van der Waals surface area contributed by atoms with Gasteiger partial charge in [0.15, 0.2) is 0 Å². The van der Waals surface area contributed by atoms with Gasteiger partial charge in [-0.2, -0.15) is 0 Å². The molecule has 0 atom stereocenters. The van der Waals surface area contributed by atoms with Crippen LogP contribution >= 0.6 is 0 Å². The van der Waals surface area contributed by atoms with Gasteiger partial charge in [0.1, 0.15) is 0 Å². The number of benzene rings is 5. The van der Waals surface area contributed by atoms with E-state index in [4.69, 9.17) is 0 Å². The number of halogens is 3. The summed E-state index contributed by atoms with van der Waals surface area (Å²) in [4.78, 5) is 0. The molecule has 5 aromatic rings. The zero-order valence-corrected chi connectivity index (χ0v) is 31.0. The van der Waals surface area contributed by atoms with Crippen LogP contribution in [0.1, 0.15) is 86.9 Å². The monoisotopic (exact) mass is 716 g/mol. The standard InChI is InChI=1S/C21H25.C18H11F3.C5H5.Zr/c1-20(2,3)16-9-7-14-11-15-8-10-17(21(4,5)6)13-19(15)18(14)12-16;19-18(20,21)16-9-3-5-13(12-16)11-15-8-4-7-14-6-1-2-10-17(14)15;1-2-4-5-3-1;/h7,9-10,12-13H,11H2,1-6H3;1-10,12H;1-3H,4H2;. The third-order valence-electron chi connectivity index (χ3n) is 9.90. The van der Waals surface area contributed by atoms with Crippen molar-refractivity contribution >= 4 is 17.2 Å². The summed E-state index contributed by atoms with van der Waals surface area (Å²) in [5.41, 5.74) is 8.91. The zero-order chi connectivity index (χ0) is 34.0. The summed E-state index contributed by atoms with van der Waals surface area (Å²) in [5, 5.41) is 2.18. The van der Waals surface area contributed by atoms with Crippen molar-refractivity contribution in [2.24, 2.45) is 0 Å². The van der Waals surface area contributed by atoms with E-state index < -0.39 is 33.0 Å². The first-order valence-electron chi connectivity index (χ1n) is 16.8. The minimum atomic E-state index is -4.43. The molecule has 242 valence electrons. The van der Waals surface area contributed by atoms with E-state index in [0.717, 1.165) is 32.4 Å². The summed E-state index contributed by atoms with van der Waals surface area (Å²) < 4.78 is 46.9. The Hall–Kier alpha value is -3.62. The average Bonchev–Trinajstić information content (AvgIpc) is 3.70. The summed E-state index contributed by atoms with van der Waals surface area (Å²) in [6.45, 7) is 13.6. The van der Waals surface area contributed by atoms with Gasteiger partial charge in [0.05, 0.1) is 0 Å². The maximum absolute atomic E-state index is 14.3. The van der Waals surface area contributed by atoms with Gasteiger partial charge in [-0.1, -0.05) is 0 Å². The Kier molecular flexibility index (Phi) is 8.27. The van der Waals surface area contributed by atoms with Crippen LogP contribution in [0.5, 0.6) is 0 Å². The van der Waals surface area contributed by atoms with Crippen LogP contribution in [0, 0.1) is 0 Å². The molecule has 4 heteroatoms. The van der Waals surface area contributed by atoms with Gasteiger partial charge in [-0.15, -0.1) is 0 Å². The van der Waals surface area contributed by atoms with Crippen LogP contribution in [-0.4, -0.2) is 3.21 Å². The predicted molar refractivity (Wildman–Crippen MR) is 192 cm³/mol. The van der Waals surface area contributed by atoms with E-state index in [-0.39, 0.29) is 10.8 Å². The molecular formula is C44H41F3Zr. The molecule has 0 bridgehead atoms. The molecule has 0 amide bonds. The normalized spacial score (nSPS) is 15.0. The Balaban J connectivity index is 1.64. The molecule has 0 aliphatic heterocycles. The Morgan fingerprint density at radius 1 is 0.667 bits per heavy atom. The topological polar surface area (TPSA) is 0 Å². The molecule has 0 saturated heterocycles. The van der Waals surface area contributed by atoms with Crippen LogP contribution in [0.3, 0.4) is 0 Å². The molecule has 0 saturated carbocycles. The van der Waals surface area contributed by atoms with Crippen LogP contribution in [0.2, 0.25) is 0 Å². The first-order chi connectivity index (χ1) is 22.7. The van der Waals surface area contributed by atoms with Gasteiger partial charge in [0.25, 0.3) is 0 Å². The van der Waals surface area contributed by atoms with Crippen molar-refractivity contribution in [2.75, 3.05) is 0 Å². The molecule has 0 fully saturated rings. The fourth-order valence-corrected chi connectivity index (χ4v) is 15.3. The number of hydrogen-bond donors (Lipinski definition) is 0. The average molecular weight is 718 g/mol. The quantitative estimate of drug-likeness (QED) is 0.170. The first kappa shape index (κ1) is 32.9. The van der Waals surface area contributed by atoms with E-state index in [2.05, 4.69) is 120 Å². The van der Waals surface area contributed by atoms with E-state index >= 15 is 0 Å². The summed E-state index contributed by atoms with van der Waals surface area (Å²) in [6.07, 6.45) is 3.85. The number of fused-ring (bicyclic) bond motifs is 4. The number of rotatable bonds is 4. The van der Waals surface area contributed by atoms with Gasteiger partial charge in [0, 0.05) is 0 Å². The second-order valence-corrected chi connectivity index (χ2v) is 21.3. The van der Waals surface area contributed by atoms with Crippen LogP contribution in [0.4, 0.5) is 13.2 Å². The molecule has 0 N–H and O–H groups in total. The Labute approximate surface area is 290 Å². The summed E-state index contributed by atoms with van der Waals surface area (Å²) in [5.74, 6) is 0. The first-order valence-corrected chi connectivity index (χ1v) is 20.5. The minimum absolute atomic E-state index is 0.0162. The van der Waals surface area contributed by atoms with Crippen molar-refractivity contribution in [1.82, 2.24) is 0 Å². The second-order valence-electron chi connectivity index (χ2n) is 15.3. The van der Waals surface area contributed by atoms with Gasteiger partial charge >= 0.3 is 292 Å². The van der Waals surface area contributed by atoms with Crippen LogP contribution in [-0.2, 0) is 44.7 Å². The fourth-order valence-electron chi connectivity index (χ4n) is 7.23. The summed E-state index contributed by atoms with van der Waals surface area (Å²) in [6, 6.07) is 32.5. The molecule has 0 unspecified atom stereocenters. The Morgan fingerprint density at radius 3 is 2.08 bits per heavy atom. The van der Waals surface area contributed by atoms with E-state index in [1.807, 2.05) is 18.2 Å². The summed E-state index contributed by atoms with van der Waals surface area (Å²) in [7, 11) is 0. The molecule has 2 aliphatic rings. The SMILES string of the molecule is CC(C)(C)c1ccc2c(c1)-c1cc(C(C)(C)C)c[c](/[Zr]([C]3=CC=CC3)=[C](\c3cccc(C(F)(F)F)c3)c3cccc4ccccc34)c1C2. The fraction of sp³-hybridized carbons (Fsp3) is 0.250. The third-order valence-corrected chi connectivity index (χ3v) is 17.4. The zero-order valence-electron chi connectivity index (χ0n) is 28.5. The van der Waals surface area contributed by atoms with Crippen molar-refractivity contribution in [2.45, 2.75) is 71.4 Å². The Morgan fingerprint density at radius 2 is 1.38 bits per heavy atom. The number of hydrogen-bond acceptors (Lipinski definition) is 0. The summed E-state index contributed by atoms with van der Waals surface area (Å²) >= 11 is -3.25. The molecule has 5 aromatic carbocycles. The van der Waals surface area contributed by atoms with E-state index in [0.29, 0.717) is 5.56 Å². The molecule has 0 radical (unpaired) electrons. The number of allylic oxidation sites excluding steroid dienone is 4. The second kappa shape index (κ2) is 12.1. The van der Waals surface area contributed by atoms with Crippen molar-refractivity contribution in [1.29, 1.82) is 0 Å². The van der Waals surface area contributed by atoms with E-state index in [9.17, 15) is 13.2 Å². The molecule has 7 rings (SSSR count). The van der Waals surface area contributed by atoms with Crippen molar-refractivity contribution in [3.63, 3.8) is 0 Å². The third kappa shape index (κ3) is 6.07. The van der Waals surface area contributed by atoms with Gasteiger partial charge in [-0.3, -0.25) is 0 Å². The van der Waals surface area contributed by atoms with Gasteiger partial charge in [0.2, 0.25) is 0 Å². The van der Waals surface area contributed by atoms with Crippen molar-refractivity contribution in [3.05, 3.63) is 158 Å². The predicted octanol–water partition coefficient (Wildman–Crippen LogP) is 11.4. The van der Waals surface area contributed by atoms with Gasteiger partial charge in [-0.05, 0) is 0 Å². The van der Waals surface area contributed by atoms with Gasteiger partial charge < -0.3 is 0 Å². The van der Waals surface area contributed by atoms with E-state index in [1.54, 1.807) is 6.07 Å². The Bertz CT molecular complexity index is 2170. The molecule has 0 spiro atoms. The molecule has 0 nitrogen and oxygen atoms in total. The molecule has 0 heterocycles. The molecular weight excluding hydrogens is 677 g/mol. The van der Waals surface area contributed by atoms with Crippen LogP contribution in [0.15, 0.2) is 119 Å². The van der Waals surface area contributed by atoms with Gasteiger partial charge in [-0.25, -0.2) is 0 Å². The molecule has 2 aliphatic carbocycles.